The Morgan fingerprint density at radius 3 is 2.61 bits per heavy atom. The van der Waals surface area contributed by atoms with E-state index >= 15 is 0 Å². The Morgan fingerprint density at radius 1 is 1.33 bits per heavy atom. The zero-order valence-corrected chi connectivity index (χ0v) is 11.6. The van der Waals surface area contributed by atoms with E-state index in [0.29, 0.717) is 11.3 Å². The first kappa shape index (κ1) is 13.0. The maximum absolute atomic E-state index is 12.2. The number of thiophene rings is 1. The molecular formula is C14H13NOS2. The van der Waals surface area contributed by atoms with E-state index < -0.39 is 10.8 Å². The van der Waals surface area contributed by atoms with Crippen molar-refractivity contribution >= 4 is 22.1 Å². The molecule has 2 rings (SSSR count). The fourth-order valence-electron chi connectivity index (χ4n) is 1.62. The van der Waals surface area contributed by atoms with Gasteiger partial charge in [-0.25, -0.2) is 0 Å². The molecule has 1 heterocycles. The van der Waals surface area contributed by atoms with Crippen LogP contribution in [0.15, 0.2) is 41.8 Å². The molecule has 0 aliphatic rings. The van der Waals surface area contributed by atoms with Crippen molar-refractivity contribution in [3.05, 3.63) is 57.8 Å². The van der Waals surface area contributed by atoms with Crippen LogP contribution in [0.4, 0.5) is 0 Å². The zero-order chi connectivity index (χ0) is 13.0. The van der Waals surface area contributed by atoms with Crippen molar-refractivity contribution in [3.8, 4) is 6.07 Å². The molecule has 0 amide bonds. The molecule has 0 aliphatic carbocycles. The summed E-state index contributed by atoms with van der Waals surface area (Å²) < 4.78 is 12.2. The van der Waals surface area contributed by atoms with Crippen LogP contribution in [-0.2, 0) is 16.6 Å². The summed E-state index contributed by atoms with van der Waals surface area (Å²) in [6.07, 6.45) is 0. The van der Waals surface area contributed by atoms with Crippen LogP contribution in [0.2, 0.25) is 0 Å². The largest absolute Gasteiger partial charge is 0.259 e. The second kappa shape index (κ2) is 5.94. The number of hydrogen-bond acceptors (Lipinski definition) is 3. The van der Waals surface area contributed by atoms with Gasteiger partial charge >= 0.3 is 0 Å². The highest BCUT2D eigenvalue weighted by molar-refractivity contribution is 7.84. The van der Waals surface area contributed by atoms with Gasteiger partial charge in [-0.1, -0.05) is 18.2 Å². The molecule has 2 atom stereocenters. The van der Waals surface area contributed by atoms with Gasteiger partial charge in [-0.05, 0) is 36.1 Å². The van der Waals surface area contributed by atoms with Gasteiger partial charge in [0, 0.05) is 21.4 Å². The zero-order valence-electron chi connectivity index (χ0n) is 10.00. The Labute approximate surface area is 113 Å². The van der Waals surface area contributed by atoms with Crippen molar-refractivity contribution in [2.24, 2.45) is 0 Å². The predicted octanol–water partition coefficient (Wildman–Crippen LogP) is 3.63. The number of rotatable bonds is 4. The number of nitrogens with zero attached hydrogens (tertiary/aromatic N) is 1. The van der Waals surface area contributed by atoms with Crippen molar-refractivity contribution in [3.63, 3.8) is 0 Å². The van der Waals surface area contributed by atoms with E-state index in [0.717, 1.165) is 10.4 Å². The summed E-state index contributed by atoms with van der Waals surface area (Å²) in [5.74, 6) is 0.533. The lowest BCUT2D eigenvalue weighted by Gasteiger charge is -2.09. The molecule has 2 aromatic rings. The van der Waals surface area contributed by atoms with Crippen LogP contribution < -0.4 is 0 Å². The monoisotopic (exact) mass is 275 g/mol. The molecule has 0 unspecified atom stereocenters. The average molecular weight is 275 g/mol. The smallest absolute Gasteiger partial charge is 0.0991 e. The molecule has 4 heteroatoms. The normalized spacial score (nSPS) is 13.8. The fourth-order valence-corrected chi connectivity index (χ4v) is 3.88. The van der Waals surface area contributed by atoms with Crippen molar-refractivity contribution < 1.29 is 4.21 Å². The third-order valence-corrected chi connectivity index (χ3v) is 5.59. The standard InChI is InChI=1S/C14H13NOS2/c1-11(14-3-2-8-17-14)18(16)10-13-6-4-12(9-15)5-7-13/h2-8,11H,10H2,1H3/t11-,18-/m0/s1. The van der Waals surface area contributed by atoms with Gasteiger partial charge in [0.1, 0.15) is 0 Å². The Balaban J connectivity index is 2.05. The lowest BCUT2D eigenvalue weighted by Crippen LogP contribution is -2.03. The molecule has 0 bridgehead atoms. The van der Waals surface area contributed by atoms with Crippen LogP contribution >= 0.6 is 11.3 Å². The van der Waals surface area contributed by atoms with Crippen LogP contribution in [0, 0.1) is 11.3 Å². The van der Waals surface area contributed by atoms with E-state index in [1.807, 2.05) is 36.6 Å². The van der Waals surface area contributed by atoms with E-state index in [1.54, 1.807) is 23.5 Å². The van der Waals surface area contributed by atoms with Crippen LogP contribution in [0.3, 0.4) is 0 Å². The van der Waals surface area contributed by atoms with Gasteiger partial charge in [-0.2, -0.15) is 5.26 Å². The third-order valence-electron chi connectivity index (χ3n) is 2.73. The van der Waals surface area contributed by atoms with E-state index in [1.165, 1.54) is 0 Å². The molecule has 0 aliphatic heterocycles. The van der Waals surface area contributed by atoms with Crippen LogP contribution in [0.25, 0.3) is 0 Å². The fraction of sp³-hybridized carbons (Fsp3) is 0.214. The van der Waals surface area contributed by atoms with E-state index in [2.05, 4.69) is 6.07 Å². The van der Waals surface area contributed by atoms with Gasteiger partial charge in [0.25, 0.3) is 0 Å². The van der Waals surface area contributed by atoms with Crippen molar-refractivity contribution in [2.75, 3.05) is 0 Å². The molecule has 0 saturated carbocycles. The summed E-state index contributed by atoms with van der Waals surface area (Å²) in [7, 11) is -0.926. The Morgan fingerprint density at radius 2 is 2.06 bits per heavy atom. The van der Waals surface area contributed by atoms with Gasteiger partial charge in [0.05, 0.1) is 16.9 Å². The van der Waals surface area contributed by atoms with Crippen LogP contribution in [-0.4, -0.2) is 4.21 Å². The molecule has 0 fully saturated rings. The molecule has 0 N–H and O–H groups in total. The second-order valence-corrected chi connectivity index (χ2v) is 6.73. The number of hydrogen-bond donors (Lipinski definition) is 0. The quantitative estimate of drug-likeness (QED) is 0.855. The number of nitriles is 1. The second-order valence-electron chi connectivity index (χ2n) is 3.99. The summed E-state index contributed by atoms with van der Waals surface area (Å²) in [5, 5.41) is 10.8. The molecule has 18 heavy (non-hydrogen) atoms. The van der Waals surface area contributed by atoms with Crippen LogP contribution in [0.1, 0.15) is 28.2 Å². The molecule has 0 radical (unpaired) electrons. The first-order valence-electron chi connectivity index (χ1n) is 5.60. The maximum Gasteiger partial charge on any atom is 0.0991 e. The van der Waals surface area contributed by atoms with Crippen molar-refractivity contribution in [2.45, 2.75) is 17.9 Å². The third kappa shape index (κ3) is 3.06. The van der Waals surface area contributed by atoms with Crippen molar-refractivity contribution in [1.29, 1.82) is 5.26 Å². The van der Waals surface area contributed by atoms with Gasteiger partial charge < -0.3 is 0 Å². The van der Waals surface area contributed by atoms with Crippen molar-refractivity contribution in [1.82, 2.24) is 0 Å². The Hall–Kier alpha value is -1.44. The molecule has 1 aromatic carbocycles. The highest BCUT2D eigenvalue weighted by Crippen LogP contribution is 2.25. The maximum atomic E-state index is 12.2. The molecule has 1 aromatic heterocycles. The first-order chi connectivity index (χ1) is 8.70. The molecule has 0 saturated heterocycles. The highest BCUT2D eigenvalue weighted by Gasteiger charge is 2.14. The lowest BCUT2D eigenvalue weighted by atomic mass is 10.2. The summed E-state index contributed by atoms with van der Waals surface area (Å²) in [4.78, 5) is 1.15. The minimum atomic E-state index is -0.926. The topological polar surface area (TPSA) is 40.9 Å². The molecule has 0 spiro atoms. The van der Waals surface area contributed by atoms with Gasteiger partial charge in [0.15, 0.2) is 0 Å². The molecule has 92 valence electrons. The summed E-state index contributed by atoms with van der Waals surface area (Å²) in [6.45, 7) is 1.99. The van der Waals surface area contributed by atoms with Gasteiger partial charge in [0.2, 0.25) is 0 Å². The van der Waals surface area contributed by atoms with E-state index in [4.69, 9.17) is 5.26 Å². The Bertz CT molecular complexity index is 567. The summed E-state index contributed by atoms with van der Waals surface area (Å²) >= 11 is 1.64. The predicted molar refractivity (Wildman–Crippen MR) is 75.7 cm³/mol. The molecule has 2 nitrogen and oxygen atoms in total. The van der Waals surface area contributed by atoms with Crippen LogP contribution in [0.5, 0.6) is 0 Å². The minimum absolute atomic E-state index is 0.0562. The first-order valence-corrected chi connectivity index (χ1v) is 7.86. The SMILES string of the molecule is C[C@@H](c1cccs1)[S@@](=O)Cc1ccc(C#N)cc1. The lowest BCUT2D eigenvalue weighted by molar-refractivity contribution is 0.676. The van der Waals surface area contributed by atoms with E-state index in [9.17, 15) is 4.21 Å². The summed E-state index contributed by atoms with van der Waals surface area (Å²) in [6, 6.07) is 13.4. The Kier molecular flexibility index (Phi) is 4.29. The van der Waals surface area contributed by atoms with Gasteiger partial charge in [-0.3, -0.25) is 4.21 Å². The van der Waals surface area contributed by atoms with E-state index in [-0.39, 0.29) is 5.25 Å². The number of benzene rings is 1. The summed E-state index contributed by atoms with van der Waals surface area (Å²) in [5.41, 5.74) is 1.64. The average Bonchev–Trinajstić information content (AvgIpc) is 2.92. The minimum Gasteiger partial charge on any atom is -0.259 e. The van der Waals surface area contributed by atoms with Gasteiger partial charge in [-0.15, -0.1) is 11.3 Å². The molecular weight excluding hydrogens is 262 g/mol. The highest BCUT2D eigenvalue weighted by atomic mass is 32.2.